The number of likely N-dealkylation sites (tertiary alicyclic amines) is 1. The molecule has 0 radical (unpaired) electrons. The molecule has 1 aromatic rings. The van der Waals surface area contributed by atoms with Gasteiger partial charge >= 0.3 is 0 Å². The molecule has 20 heavy (non-hydrogen) atoms. The van der Waals surface area contributed by atoms with Crippen molar-refractivity contribution in [3.8, 4) is 6.07 Å². The predicted molar refractivity (Wildman–Crippen MR) is 76.4 cm³/mol. The molecule has 5 nitrogen and oxygen atoms in total. The summed E-state index contributed by atoms with van der Waals surface area (Å²) < 4.78 is 5.46. The fourth-order valence-corrected chi connectivity index (χ4v) is 2.97. The molecule has 0 bridgehead atoms. The minimum absolute atomic E-state index is 0.481. The number of aromatic nitrogens is 1. The van der Waals surface area contributed by atoms with E-state index in [0.717, 1.165) is 45.0 Å². The molecule has 1 unspecified atom stereocenters. The molecule has 106 valence electrons. The van der Waals surface area contributed by atoms with Crippen LogP contribution in [-0.2, 0) is 4.74 Å². The largest absolute Gasteiger partial charge is 0.380 e. The normalized spacial score (nSPS) is 24.4. The summed E-state index contributed by atoms with van der Waals surface area (Å²) in [6.45, 7) is 4.07. The Morgan fingerprint density at radius 3 is 2.75 bits per heavy atom. The van der Waals surface area contributed by atoms with Crippen molar-refractivity contribution in [2.75, 3.05) is 31.6 Å². The standard InChI is InChI=1S/C15H20N4O/c16-9-12-1-2-15(17-10-12)18-13-3-6-19(7-4-13)14-5-8-20-11-14/h1-2,10,13-14H,3-8,11H2,(H,17,18). The van der Waals surface area contributed by atoms with E-state index >= 15 is 0 Å². The van der Waals surface area contributed by atoms with E-state index in [2.05, 4.69) is 21.3 Å². The first-order valence-corrected chi connectivity index (χ1v) is 7.29. The second-order valence-electron chi connectivity index (χ2n) is 5.52. The molecule has 0 aliphatic carbocycles. The van der Waals surface area contributed by atoms with Crippen molar-refractivity contribution in [3.05, 3.63) is 23.9 Å². The number of hydrogen-bond acceptors (Lipinski definition) is 5. The van der Waals surface area contributed by atoms with Gasteiger partial charge in [0.1, 0.15) is 11.9 Å². The van der Waals surface area contributed by atoms with Crippen LogP contribution in [0.5, 0.6) is 0 Å². The van der Waals surface area contributed by atoms with E-state index in [-0.39, 0.29) is 0 Å². The van der Waals surface area contributed by atoms with Crippen LogP contribution >= 0.6 is 0 Å². The van der Waals surface area contributed by atoms with Gasteiger partial charge < -0.3 is 10.1 Å². The van der Waals surface area contributed by atoms with Gasteiger partial charge in [0, 0.05) is 38.0 Å². The van der Waals surface area contributed by atoms with Crippen molar-refractivity contribution in [3.63, 3.8) is 0 Å². The summed E-state index contributed by atoms with van der Waals surface area (Å²) in [4.78, 5) is 6.83. The average Bonchev–Trinajstić information content (AvgIpc) is 3.03. The third-order valence-corrected chi connectivity index (χ3v) is 4.20. The van der Waals surface area contributed by atoms with Crippen LogP contribution in [0, 0.1) is 11.3 Å². The highest BCUT2D eigenvalue weighted by Crippen LogP contribution is 2.20. The molecule has 1 N–H and O–H groups in total. The number of nitrogens with one attached hydrogen (secondary N) is 1. The number of nitriles is 1. The minimum atomic E-state index is 0.481. The van der Waals surface area contributed by atoms with Crippen molar-refractivity contribution in [2.24, 2.45) is 0 Å². The predicted octanol–water partition coefficient (Wildman–Crippen LogP) is 1.62. The van der Waals surface area contributed by atoms with Gasteiger partial charge in [-0.2, -0.15) is 5.26 Å². The van der Waals surface area contributed by atoms with E-state index in [4.69, 9.17) is 10.00 Å². The molecule has 1 aromatic heterocycles. The maximum Gasteiger partial charge on any atom is 0.126 e. The van der Waals surface area contributed by atoms with Gasteiger partial charge in [-0.25, -0.2) is 4.98 Å². The van der Waals surface area contributed by atoms with Gasteiger partial charge in [0.05, 0.1) is 12.2 Å². The highest BCUT2D eigenvalue weighted by atomic mass is 16.5. The average molecular weight is 272 g/mol. The molecule has 5 heteroatoms. The Bertz CT molecular complexity index is 468. The highest BCUT2D eigenvalue weighted by Gasteiger charge is 2.27. The number of ether oxygens (including phenoxy) is 1. The minimum Gasteiger partial charge on any atom is -0.380 e. The molecule has 0 spiro atoms. The van der Waals surface area contributed by atoms with Gasteiger partial charge in [-0.15, -0.1) is 0 Å². The van der Waals surface area contributed by atoms with Crippen LogP contribution in [0.15, 0.2) is 18.3 Å². The Kier molecular flexibility index (Phi) is 4.14. The maximum absolute atomic E-state index is 8.76. The van der Waals surface area contributed by atoms with Crippen molar-refractivity contribution in [1.82, 2.24) is 9.88 Å². The number of piperidine rings is 1. The van der Waals surface area contributed by atoms with Gasteiger partial charge in [0.2, 0.25) is 0 Å². The van der Waals surface area contributed by atoms with E-state index in [1.165, 1.54) is 6.42 Å². The molecule has 3 rings (SSSR count). The molecule has 2 aliphatic rings. The van der Waals surface area contributed by atoms with E-state index in [9.17, 15) is 0 Å². The number of rotatable bonds is 3. The Morgan fingerprint density at radius 1 is 1.30 bits per heavy atom. The summed E-state index contributed by atoms with van der Waals surface area (Å²) in [6.07, 6.45) is 5.07. The van der Waals surface area contributed by atoms with Crippen molar-refractivity contribution in [2.45, 2.75) is 31.3 Å². The van der Waals surface area contributed by atoms with Gasteiger partial charge in [0.25, 0.3) is 0 Å². The molecule has 2 aliphatic heterocycles. The SMILES string of the molecule is N#Cc1ccc(NC2CCN(C3CCOC3)CC2)nc1. The van der Waals surface area contributed by atoms with Gasteiger partial charge in [-0.3, -0.25) is 4.90 Å². The van der Waals surface area contributed by atoms with Crippen LogP contribution in [0.4, 0.5) is 5.82 Å². The van der Waals surface area contributed by atoms with Crippen LogP contribution in [0.25, 0.3) is 0 Å². The molecule has 0 saturated carbocycles. The topological polar surface area (TPSA) is 61.2 Å². The number of nitrogens with zero attached hydrogens (tertiary/aromatic N) is 3. The second kappa shape index (κ2) is 6.21. The smallest absolute Gasteiger partial charge is 0.126 e. The van der Waals surface area contributed by atoms with Crippen molar-refractivity contribution in [1.29, 1.82) is 5.26 Å². The lowest BCUT2D eigenvalue weighted by molar-refractivity contribution is 0.124. The lowest BCUT2D eigenvalue weighted by Crippen LogP contribution is -2.44. The third kappa shape index (κ3) is 3.09. The molecular formula is C15H20N4O. The second-order valence-corrected chi connectivity index (χ2v) is 5.52. The summed E-state index contributed by atoms with van der Waals surface area (Å²) in [7, 11) is 0. The molecule has 1 atom stereocenters. The zero-order valence-electron chi connectivity index (χ0n) is 11.6. The highest BCUT2D eigenvalue weighted by molar-refractivity contribution is 5.39. The zero-order chi connectivity index (χ0) is 13.8. The van der Waals surface area contributed by atoms with E-state index in [1.807, 2.05) is 6.07 Å². The first kappa shape index (κ1) is 13.3. The Morgan fingerprint density at radius 2 is 2.15 bits per heavy atom. The monoisotopic (exact) mass is 272 g/mol. The van der Waals surface area contributed by atoms with Crippen LogP contribution in [0.2, 0.25) is 0 Å². The summed E-state index contributed by atoms with van der Waals surface area (Å²) >= 11 is 0. The Hall–Kier alpha value is -1.64. The Labute approximate surface area is 119 Å². The molecule has 3 heterocycles. The molecule has 2 fully saturated rings. The first-order valence-electron chi connectivity index (χ1n) is 7.29. The van der Waals surface area contributed by atoms with Crippen LogP contribution in [-0.4, -0.2) is 48.3 Å². The number of hydrogen-bond donors (Lipinski definition) is 1. The zero-order valence-corrected chi connectivity index (χ0v) is 11.6. The number of pyridine rings is 1. The lowest BCUT2D eigenvalue weighted by Gasteiger charge is -2.35. The van der Waals surface area contributed by atoms with Gasteiger partial charge in [-0.05, 0) is 31.4 Å². The third-order valence-electron chi connectivity index (χ3n) is 4.20. The van der Waals surface area contributed by atoms with Crippen LogP contribution in [0.1, 0.15) is 24.8 Å². The Balaban J connectivity index is 1.49. The molecule has 0 amide bonds. The summed E-state index contributed by atoms with van der Waals surface area (Å²) in [5.41, 5.74) is 0.603. The summed E-state index contributed by atoms with van der Waals surface area (Å²) in [5.74, 6) is 0.867. The van der Waals surface area contributed by atoms with Crippen molar-refractivity contribution >= 4 is 5.82 Å². The van der Waals surface area contributed by atoms with Crippen LogP contribution < -0.4 is 5.32 Å². The first-order chi connectivity index (χ1) is 9.85. The maximum atomic E-state index is 8.76. The van der Waals surface area contributed by atoms with Gasteiger partial charge in [0.15, 0.2) is 0 Å². The number of anilines is 1. The van der Waals surface area contributed by atoms with Crippen molar-refractivity contribution < 1.29 is 4.74 Å². The summed E-state index contributed by atoms with van der Waals surface area (Å²) in [6, 6.07) is 6.89. The van der Waals surface area contributed by atoms with Gasteiger partial charge in [-0.1, -0.05) is 0 Å². The molecular weight excluding hydrogens is 252 g/mol. The fraction of sp³-hybridized carbons (Fsp3) is 0.600. The molecule has 0 aromatic carbocycles. The fourth-order valence-electron chi connectivity index (χ4n) is 2.97. The molecule has 2 saturated heterocycles. The summed E-state index contributed by atoms with van der Waals surface area (Å²) in [5, 5.41) is 12.2. The lowest BCUT2D eigenvalue weighted by atomic mass is 10.0. The van der Waals surface area contributed by atoms with E-state index in [1.54, 1.807) is 12.3 Å². The van der Waals surface area contributed by atoms with E-state index < -0.39 is 0 Å². The van der Waals surface area contributed by atoms with Crippen LogP contribution in [0.3, 0.4) is 0 Å². The quantitative estimate of drug-likeness (QED) is 0.906. The van der Waals surface area contributed by atoms with E-state index in [0.29, 0.717) is 17.6 Å².